The summed E-state index contributed by atoms with van der Waals surface area (Å²) in [5.41, 5.74) is 2.80. The molecule has 0 unspecified atom stereocenters. The van der Waals surface area contributed by atoms with E-state index in [1.807, 2.05) is 12.1 Å². The minimum Gasteiger partial charge on any atom is -0.462 e. The Labute approximate surface area is 106 Å². The van der Waals surface area contributed by atoms with Crippen LogP contribution in [0.3, 0.4) is 0 Å². The van der Waals surface area contributed by atoms with Crippen molar-refractivity contribution in [2.45, 2.75) is 13.0 Å². The predicted molar refractivity (Wildman–Crippen MR) is 71.0 cm³/mol. The van der Waals surface area contributed by atoms with E-state index >= 15 is 0 Å². The number of benzene rings is 1. The first kappa shape index (κ1) is 10.5. The maximum atomic E-state index is 5.46. The molecule has 0 bridgehead atoms. The van der Waals surface area contributed by atoms with Crippen LogP contribution >= 0.6 is 12.2 Å². The van der Waals surface area contributed by atoms with Crippen LogP contribution < -0.4 is 0 Å². The fourth-order valence-corrected chi connectivity index (χ4v) is 2.50. The molecule has 0 saturated carbocycles. The van der Waals surface area contributed by atoms with Crippen LogP contribution in [0.1, 0.15) is 16.9 Å². The lowest BCUT2D eigenvalue weighted by atomic mass is 10.00. The van der Waals surface area contributed by atoms with Crippen molar-refractivity contribution in [3.05, 3.63) is 59.5 Å². The first-order chi connectivity index (χ1) is 8.34. The molecular weight excluding hydrogens is 230 g/mol. The van der Waals surface area contributed by atoms with E-state index in [9.17, 15) is 0 Å². The van der Waals surface area contributed by atoms with Gasteiger partial charge in [-0.05, 0) is 29.7 Å². The van der Waals surface area contributed by atoms with E-state index in [2.05, 4.69) is 29.2 Å². The summed E-state index contributed by atoms with van der Waals surface area (Å²) in [5, 5.41) is 0. The highest BCUT2D eigenvalue weighted by molar-refractivity contribution is 7.80. The standard InChI is InChI=1S/C14H13NOS/c17-14(13-6-3-9-16-13)15-8-7-11-4-1-2-5-12(11)10-15/h1-6,9H,7-8,10H2. The maximum absolute atomic E-state index is 5.46. The Morgan fingerprint density at radius 2 is 1.94 bits per heavy atom. The van der Waals surface area contributed by atoms with E-state index in [1.165, 1.54) is 11.1 Å². The Bertz CT molecular complexity index is 533. The van der Waals surface area contributed by atoms with Crippen molar-refractivity contribution in [1.29, 1.82) is 0 Å². The molecule has 17 heavy (non-hydrogen) atoms. The zero-order valence-electron chi connectivity index (χ0n) is 9.43. The van der Waals surface area contributed by atoms with Gasteiger partial charge >= 0.3 is 0 Å². The van der Waals surface area contributed by atoms with E-state index < -0.39 is 0 Å². The minimum absolute atomic E-state index is 0.791. The first-order valence-corrected chi connectivity index (χ1v) is 6.15. The summed E-state index contributed by atoms with van der Waals surface area (Å²) in [7, 11) is 0. The molecule has 0 radical (unpaired) electrons. The lowest BCUT2D eigenvalue weighted by Crippen LogP contribution is -2.35. The van der Waals surface area contributed by atoms with Gasteiger partial charge in [0.05, 0.1) is 6.26 Å². The first-order valence-electron chi connectivity index (χ1n) is 5.74. The van der Waals surface area contributed by atoms with E-state index in [0.29, 0.717) is 0 Å². The third-order valence-corrected chi connectivity index (χ3v) is 3.61. The van der Waals surface area contributed by atoms with Crippen molar-refractivity contribution in [1.82, 2.24) is 4.90 Å². The van der Waals surface area contributed by atoms with Gasteiger partial charge in [0.2, 0.25) is 0 Å². The van der Waals surface area contributed by atoms with Crippen molar-refractivity contribution in [3.63, 3.8) is 0 Å². The number of rotatable bonds is 1. The lowest BCUT2D eigenvalue weighted by molar-refractivity contribution is 0.392. The molecule has 2 nitrogen and oxygen atoms in total. The van der Waals surface area contributed by atoms with Gasteiger partial charge in [0, 0.05) is 13.1 Å². The van der Waals surface area contributed by atoms with Crippen LogP contribution in [-0.2, 0) is 13.0 Å². The fourth-order valence-electron chi connectivity index (χ4n) is 2.23. The summed E-state index contributed by atoms with van der Waals surface area (Å²) in [6.07, 6.45) is 2.72. The van der Waals surface area contributed by atoms with Crippen molar-refractivity contribution < 1.29 is 4.42 Å². The highest BCUT2D eigenvalue weighted by Crippen LogP contribution is 2.20. The van der Waals surface area contributed by atoms with Gasteiger partial charge < -0.3 is 9.32 Å². The third kappa shape index (κ3) is 1.98. The summed E-state index contributed by atoms with van der Waals surface area (Å²) in [5.74, 6) is 0.791. The molecule has 0 saturated heterocycles. The number of furan rings is 1. The lowest BCUT2D eigenvalue weighted by Gasteiger charge is -2.30. The average Bonchev–Trinajstić information content (AvgIpc) is 2.91. The van der Waals surface area contributed by atoms with Crippen LogP contribution in [0.5, 0.6) is 0 Å². The summed E-state index contributed by atoms with van der Waals surface area (Å²) in [4.78, 5) is 3.01. The van der Waals surface area contributed by atoms with Crippen LogP contribution in [0.2, 0.25) is 0 Å². The van der Waals surface area contributed by atoms with E-state index in [1.54, 1.807) is 6.26 Å². The molecule has 3 rings (SSSR count). The molecule has 2 aromatic rings. The molecule has 86 valence electrons. The van der Waals surface area contributed by atoms with E-state index in [-0.39, 0.29) is 0 Å². The molecule has 0 spiro atoms. The van der Waals surface area contributed by atoms with Crippen LogP contribution in [0.4, 0.5) is 0 Å². The molecule has 1 aromatic carbocycles. The SMILES string of the molecule is S=C(c1ccco1)N1CCc2ccccc2C1. The Morgan fingerprint density at radius 3 is 2.71 bits per heavy atom. The van der Waals surface area contributed by atoms with Gasteiger partial charge in [0.25, 0.3) is 0 Å². The Morgan fingerprint density at radius 1 is 1.12 bits per heavy atom. The molecule has 1 aliphatic rings. The largest absolute Gasteiger partial charge is 0.462 e. The second-order valence-corrected chi connectivity index (χ2v) is 4.61. The molecule has 0 N–H and O–H groups in total. The summed E-state index contributed by atoms with van der Waals surface area (Å²) in [6.45, 7) is 1.85. The van der Waals surface area contributed by atoms with Crippen molar-refractivity contribution in [2.24, 2.45) is 0 Å². The normalized spacial score (nSPS) is 14.5. The van der Waals surface area contributed by atoms with Gasteiger partial charge in [-0.1, -0.05) is 36.5 Å². The fraction of sp³-hybridized carbons (Fsp3) is 0.214. The van der Waals surface area contributed by atoms with E-state index in [4.69, 9.17) is 16.6 Å². The van der Waals surface area contributed by atoms with Gasteiger partial charge in [0.15, 0.2) is 5.76 Å². The molecule has 2 heterocycles. The maximum Gasteiger partial charge on any atom is 0.161 e. The monoisotopic (exact) mass is 243 g/mol. The Hall–Kier alpha value is -1.61. The van der Waals surface area contributed by atoms with Gasteiger partial charge in [-0.3, -0.25) is 0 Å². The topological polar surface area (TPSA) is 16.4 Å². The minimum atomic E-state index is 0.791. The zero-order valence-corrected chi connectivity index (χ0v) is 10.2. The quantitative estimate of drug-likeness (QED) is 0.716. The second-order valence-electron chi connectivity index (χ2n) is 4.22. The third-order valence-electron chi connectivity index (χ3n) is 3.15. The van der Waals surface area contributed by atoms with Crippen molar-refractivity contribution >= 4 is 17.2 Å². The predicted octanol–water partition coefficient (Wildman–Crippen LogP) is 3.01. The molecule has 1 aliphatic heterocycles. The average molecular weight is 243 g/mol. The smallest absolute Gasteiger partial charge is 0.161 e. The van der Waals surface area contributed by atoms with Gasteiger partial charge in [-0.2, -0.15) is 0 Å². The summed E-state index contributed by atoms with van der Waals surface area (Å²) < 4.78 is 5.35. The van der Waals surface area contributed by atoms with Crippen molar-refractivity contribution in [2.75, 3.05) is 6.54 Å². The molecule has 0 aliphatic carbocycles. The molecule has 3 heteroatoms. The Balaban J connectivity index is 1.83. The molecular formula is C14H13NOS. The van der Waals surface area contributed by atoms with Crippen LogP contribution in [0, 0.1) is 0 Å². The van der Waals surface area contributed by atoms with Crippen molar-refractivity contribution in [3.8, 4) is 0 Å². The molecule has 0 atom stereocenters. The van der Waals surface area contributed by atoms with E-state index in [0.717, 1.165) is 30.3 Å². The number of hydrogen-bond acceptors (Lipinski definition) is 2. The number of thiocarbonyl (C=S) groups is 1. The van der Waals surface area contributed by atoms with Crippen LogP contribution in [-0.4, -0.2) is 16.4 Å². The number of nitrogens with zero attached hydrogens (tertiary/aromatic N) is 1. The summed E-state index contributed by atoms with van der Waals surface area (Å²) in [6, 6.07) is 12.3. The highest BCUT2D eigenvalue weighted by atomic mass is 32.1. The Kier molecular flexibility index (Phi) is 2.69. The highest BCUT2D eigenvalue weighted by Gasteiger charge is 2.19. The number of hydrogen-bond donors (Lipinski definition) is 0. The second kappa shape index (κ2) is 4.34. The molecule has 0 amide bonds. The van der Waals surface area contributed by atoms with Gasteiger partial charge in [-0.25, -0.2) is 0 Å². The van der Waals surface area contributed by atoms with Gasteiger partial charge in [-0.15, -0.1) is 0 Å². The van der Waals surface area contributed by atoms with Gasteiger partial charge in [0.1, 0.15) is 4.99 Å². The number of fused-ring (bicyclic) bond motifs is 1. The zero-order chi connectivity index (χ0) is 11.7. The molecule has 1 aromatic heterocycles. The van der Waals surface area contributed by atoms with Crippen LogP contribution in [0.15, 0.2) is 47.1 Å². The van der Waals surface area contributed by atoms with Crippen LogP contribution in [0.25, 0.3) is 0 Å². The molecule has 0 fully saturated rings. The summed E-state index contributed by atoms with van der Waals surface area (Å²) >= 11 is 5.46.